The fourth-order valence-corrected chi connectivity index (χ4v) is 3.95. The number of nitrogens with one attached hydrogen (secondary N) is 4. The Bertz CT molecular complexity index is 839. The zero-order chi connectivity index (χ0) is 25.3. The fraction of sp³-hybridized carbons (Fsp3) is 0.600. The Balaban J connectivity index is 2.09. The third-order valence-electron chi connectivity index (χ3n) is 6.31. The van der Waals surface area contributed by atoms with Crippen LogP contribution in [-0.4, -0.2) is 59.5 Å². The summed E-state index contributed by atoms with van der Waals surface area (Å²) >= 11 is 0. The fourth-order valence-electron chi connectivity index (χ4n) is 3.95. The van der Waals surface area contributed by atoms with Gasteiger partial charge in [0, 0.05) is 6.42 Å². The van der Waals surface area contributed by atoms with Gasteiger partial charge in [0.15, 0.2) is 0 Å². The lowest BCUT2D eigenvalue weighted by molar-refractivity contribution is -0.142. The summed E-state index contributed by atoms with van der Waals surface area (Å²) in [7, 11) is 0. The zero-order valence-corrected chi connectivity index (χ0v) is 20.5. The molecule has 0 bridgehead atoms. The van der Waals surface area contributed by atoms with E-state index in [0.717, 1.165) is 24.9 Å². The Hall–Kier alpha value is -2.94. The molecule has 3 amide bonds. The van der Waals surface area contributed by atoms with Gasteiger partial charge in [0.2, 0.25) is 17.7 Å². The summed E-state index contributed by atoms with van der Waals surface area (Å²) in [4.78, 5) is 50.6. The van der Waals surface area contributed by atoms with Crippen LogP contribution in [0.25, 0.3) is 0 Å². The molecular weight excluding hydrogens is 436 g/mol. The first-order valence-corrected chi connectivity index (χ1v) is 12.0. The summed E-state index contributed by atoms with van der Waals surface area (Å²) in [6.45, 7) is 8.12. The zero-order valence-electron chi connectivity index (χ0n) is 20.5. The molecule has 0 saturated carbocycles. The molecule has 9 nitrogen and oxygen atoms in total. The number of carboxylic acids is 1. The summed E-state index contributed by atoms with van der Waals surface area (Å²) in [5.74, 6) is -2.84. The van der Waals surface area contributed by atoms with E-state index in [-0.39, 0.29) is 30.2 Å². The van der Waals surface area contributed by atoms with Crippen molar-refractivity contribution in [2.24, 2.45) is 11.8 Å². The van der Waals surface area contributed by atoms with Crippen molar-refractivity contribution in [2.45, 2.75) is 77.5 Å². The quantitative estimate of drug-likeness (QED) is 0.309. The van der Waals surface area contributed by atoms with Crippen LogP contribution in [0, 0.1) is 11.8 Å². The van der Waals surface area contributed by atoms with Crippen LogP contribution in [0.1, 0.15) is 52.5 Å². The summed E-state index contributed by atoms with van der Waals surface area (Å²) in [6.07, 6.45) is 2.41. The highest BCUT2D eigenvalue weighted by Crippen LogP contribution is 2.13. The lowest BCUT2D eigenvalue weighted by atomic mass is 9.96. The minimum atomic E-state index is -1.15. The number of hydrogen-bond acceptors (Lipinski definition) is 5. The average molecular weight is 475 g/mol. The van der Waals surface area contributed by atoms with Crippen LogP contribution in [0.2, 0.25) is 0 Å². The Labute approximate surface area is 201 Å². The van der Waals surface area contributed by atoms with Crippen LogP contribution in [-0.2, 0) is 25.6 Å². The molecule has 9 heteroatoms. The van der Waals surface area contributed by atoms with Gasteiger partial charge in [-0.1, -0.05) is 64.4 Å². The second-order valence-electron chi connectivity index (χ2n) is 9.34. The molecule has 34 heavy (non-hydrogen) atoms. The monoisotopic (exact) mass is 474 g/mol. The van der Waals surface area contributed by atoms with E-state index in [1.807, 2.05) is 19.9 Å². The molecule has 5 N–H and O–H groups in total. The van der Waals surface area contributed by atoms with Gasteiger partial charge in [-0.25, -0.2) is 4.79 Å². The topological polar surface area (TPSA) is 137 Å². The second kappa shape index (κ2) is 13.1. The van der Waals surface area contributed by atoms with Crippen molar-refractivity contribution in [3.63, 3.8) is 0 Å². The number of rotatable bonds is 12. The SMILES string of the molecule is CCC(C)C(NC(=O)C1CCCN1)C(=O)NC(C(=O)NC(Cc1ccccc1)C(=O)O)C(C)C. The summed E-state index contributed by atoms with van der Waals surface area (Å²) in [5.41, 5.74) is 0.778. The van der Waals surface area contributed by atoms with E-state index in [4.69, 9.17) is 0 Å². The third kappa shape index (κ3) is 7.83. The number of hydrogen-bond donors (Lipinski definition) is 5. The molecule has 0 spiro atoms. The molecule has 1 aliphatic heterocycles. The number of carbonyl (C=O) groups excluding carboxylic acids is 3. The van der Waals surface area contributed by atoms with Crippen molar-refractivity contribution in [1.29, 1.82) is 0 Å². The van der Waals surface area contributed by atoms with Gasteiger partial charge >= 0.3 is 5.97 Å². The molecule has 0 aromatic heterocycles. The van der Waals surface area contributed by atoms with Gasteiger partial charge in [-0.05, 0) is 36.8 Å². The lowest BCUT2D eigenvalue weighted by Gasteiger charge is -2.29. The third-order valence-corrected chi connectivity index (χ3v) is 6.31. The summed E-state index contributed by atoms with van der Waals surface area (Å²) in [6, 6.07) is 5.83. The van der Waals surface area contributed by atoms with Gasteiger partial charge < -0.3 is 26.4 Å². The first-order valence-electron chi connectivity index (χ1n) is 12.0. The number of carbonyl (C=O) groups is 4. The van der Waals surface area contributed by atoms with Gasteiger partial charge in [-0.2, -0.15) is 0 Å². The van der Waals surface area contributed by atoms with E-state index in [0.29, 0.717) is 6.42 Å². The first kappa shape index (κ1) is 27.3. The molecule has 0 aliphatic carbocycles. The highest BCUT2D eigenvalue weighted by atomic mass is 16.4. The van der Waals surface area contributed by atoms with Gasteiger partial charge in [0.1, 0.15) is 18.1 Å². The molecule has 1 aromatic rings. The predicted molar refractivity (Wildman–Crippen MR) is 129 cm³/mol. The maximum atomic E-state index is 13.2. The summed E-state index contributed by atoms with van der Waals surface area (Å²) < 4.78 is 0. The van der Waals surface area contributed by atoms with Crippen molar-refractivity contribution < 1.29 is 24.3 Å². The highest BCUT2D eigenvalue weighted by Gasteiger charge is 2.34. The Morgan fingerprint density at radius 2 is 1.65 bits per heavy atom. The van der Waals surface area contributed by atoms with E-state index in [2.05, 4.69) is 21.3 Å². The normalized spacial score (nSPS) is 19.0. The minimum absolute atomic E-state index is 0.126. The van der Waals surface area contributed by atoms with Crippen molar-refractivity contribution in [2.75, 3.05) is 6.54 Å². The van der Waals surface area contributed by atoms with Crippen LogP contribution >= 0.6 is 0 Å². The van der Waals surface area contributed by atoms with Gasteiger partial charge in [-0.15, -0.1) is 0 Å². The van der Waals surface area contributed by atoms with E-state index in [1.165, 1.54) is 0 Å². The number of carboxylic acid groups (broad SMARTS) is 1. The first-order chi connectivity index (χ1) is 16.1. The molecule has 188 valence electrons. The molecule has 1 heterocycles. The number of amides is 3. The Morgan fingerprint density at radius 1 is 1.00 bits per heavy atom. The smallest absolute Gasteiger partial charge is 0.326 e. The Kier molecular flexibility index (Phi) is 10.5. The maximum absolute atomic E-state index is 13.2. The predicted octanol–water partition coefficient (Wildman–Crippen LogP) is 1.22. The van der Waals surface area contributed by atoms with Gasteiger partial charge in [0.25, 0.3) is 0 Å². The van der Waals surface area contributed by atoms with Crippen molar-refractivity contribution in [3.05, 3.63) is 35.9 Å². The van der Waals surface area contributed by atoms with Crippen LogP contribution < -0.4 is 21.3 Å². The number of aliphatic carboxylic acids is 1. The maximum Gasteiger partial charge on any atom is 0.326 e. The van der Waals surface area contributed by atoms with Crippen molar-refractivity contribution >= 4 is 23.7 Å². The molecule has 1 aromatic carbocycles. The molecule has 5 atom stereocenters. The largest absolute Gasteiger partial charge is 0.480 e. The standard InChI is InChI=1S/C25H38N4O5/c1-5-16(4)21(29-22(30)18-12-9-13-26-18)24(32)28-20(15(2)3)23(31)27-19(25(33)34)14-17-10-7-6-8-11-17/h6-8,10-11,15-16,18-21,26H,5,9,12-14H2,1-4H3,(H,27,31)(H,28,32)(H,29,30)(H,33,34). The molecule has 2 rings (SSSR count). The average Bonchev–Trinajstić information content (AvgIpc) is 3.35. The van der Waals surface area contributed by atoms with E-state index in [9.17, 15) is 24.3 Å². The van der Waals surface area contributed by atoms with E-state index >= 15 is 0 Å². The second-order valence-corrected chi connectivity index (χ2v) is 9.34. The molecule has 0 radical (unpaired) electrons. The minimum Gasteiger partial charge on any atom is -0.480 e. The van der Waals surface area contributed by atoms with Crippen molar-refractivity contribution in [3.8, 4) is 0 Å². The Morgan fingerprint density at radius 3 is 2.18 bits per heavy atom. The molecule has 1 aliphatic rings. The van der Waals surface area contributed by atoms with E-state index < -0.39 is 35.9 Å². The van der Waals surface area contributed by atoms with Crippen LogP contribution in [0.4, 0.5) is 0 Å². The molecule has 1 saturated heterocycles. The van der Waals surface area contributed by atoms with Crippen LogP contribution in [0.15, 0.2) is 30.3 Å². The van der Waals surface area contributed by atoms with Gasteiger partial charge in [-0.3, -0.25) is 14.4 Å². The van der Waals surface area contributed by atoms with Gasteiger partial charge in [0.05, 0.1) is 6.04 Å². The highest BCUT2D eigenvalue weighted by molar-refractivity contribution is 5.94. The molecule has 1 fully saturated rings. The van der Waals surface area contributed by atoms with Crippen LogP contribution in [0.3, 0.4) is 0 Å². The summed E-state index contributed by atoms with van der Waals surface area (Å²) in [5, 5.41) is 20.9. The lowest BCUT2D eigenvalue weighted by Crippen LogP contribution is -2.59. The number of benzene rings is 1. The van der Waals surface area contributed by atoms with Crippen LogP contribution in [0.5, 0.6) is 0 Å². The molecular formula is C25H38N4O5. The molecule has 5 unspecified atom stereocenters. The van der Waals surface area contributed by atoms with E-state index in [1.54, 1.807) is 38.1 Å². The van der Waals surface area contributed by atoms with Crippen molar-refractivity contribution in [1.82, 2.24) is 21.3 Å².